The largest absolute Gasteiger partial charge is 0.405 e. The fraction of sp³-hybridized carbons (Fsp3) is 0.583. The highest BCUT2D eigenvalue weighted by Gasteiger charge is 2.30. The Morgan fingerprint density at radius 3 is 2.50 bits per heavy atom. The van der Waals surface area contributed by atoms with Crippen LogP contribution in [0, 0.1) is 6.92 Å². The molecule has 2 N–H and O–H groups in total. The summed E-state index contributed by atoms with van der Waals surface area (Å²) in [7, 11) is 1.38. The van der Waals surface area contributed by atoms with E-state index in [4.69, 9.17) is 5.73 Å². The van der Waals surface area contributed by atoms with Crippen LogP contribution in [0.4, 0.5) is 19.0 Å². The number of hydrogen-bond donors (Lipinski definition) is 1. The van der Waals surface area contributed by atoms with Crippen LogP contribution >= 0.6 is 0 Å². The molecule has 0 bridgehead atoms. The summed E-state index contributed by atoms with van der Waals surface area (Å²) in [5, 5.41) is 0. The Balaban J connectivity index is 2.85. The SMILES string of the molecule is Cc1cc(CC(C)N)cnc1N(C)CC(F)(F)F. The highest BCUT2D eigenvalue weighted by molar-refractivity contribution is 5.46. The molecule has 1 unspecified atom stereocenters. The standard InChI is InChI=1S/C12H18F3N3/c1-8-4-10(5-9(2)16)6-17-11(8)18(3)7-12(13,14)15/h4,6,9H,5,7,16H2,1-3H3. The first-order chi connectivity index (χ1) is 8.19. The van der Waals surface area contributed by atoms with E-state index >= 15 is 0 Å². The molecule has 0 radical (unpaired) electrons. The van der Waals surface area contributed by atoms with Crippen LogP contribution in [0.25, 0.3) is 0 Å². The minimum atomic E-state index is -4.23. The molecule has 1 heterocycles. The molecule has 1 atom stereocenters. The van der Waals surface area contributed by atoms with Crippen LogP contribution in [-0.2, 0) is 6.42 Å². The van der Waals surface area contributed by atoms with Gasteiger partial charge in [0.25, 0.3) is 0 Å². The van der Waals surface area contributed by atoms with Crippen molar-refractivity contribution in [3.63, 3.8) is 0 Å². The third kappa shape index (κ3) is 4.52. The number of aromatic nitrogens is 1. The Bertz CT molecular complexity index is 402. The van der Waals surface area contributed by atoms with Crippen LogP contribution in [0.2, 0.25) is 0 Å². The summed E-state index contributed by atoms with van der Waals surface area (Å²) in [6.45, 7) is 2.62. The lowest BCUT2D eigenvalue weighted by Crippen LogP contribution is -2.32. The molecule has 1 rings (SSSR count). The first kappa shape index (κ1) is 14.8. The summed E-state index contributed by atoms with van der Waals surface area (Å²) in [5.74, 6) is 0.348. The van der Waals surface area contributed by atoms with Crippen molar-refractivity contribution >= 4 is 5.82 Å². The predicted molar refractivity (Wildman–Crippen MR) is 65.7 cm³/mol. The van der Waals surface area contributed by atoms with Crippen LogP contribution in [-0.4, -0.2) is 30.8 Å². The second kappa shape index (κ2) is 5.56. The molecule has 0 aliphatic rings. The predicted octanol–water partition coefficient (Wildman–Crippen LogP) is 2.28. The minimum absolute atomic E-state index is 0.00459. The first-order valence-electron chi connectivity index (χ1n) is 5.68. The van der Waals surface area contributed by atoms with Crippen molar-refractivity contribution in [2.75, 3.05) is 18.5 Å². The van der Waals surface area contributed by atoms with E-state index in [1.54, 1.807) is 13.1 Å². The molecule has 1 aromatic rings. The first-order valence-corrected chi connectivity index (χ1v) is 5.68. The maximum Gasteiger partial charge on any atom is 0.405 e. The average Bonchev–Trinajstić information content (AvgIpc) is 2.13. The van der Waals surface area contributed by atoms with E-state index in [-0.39, 0.29) is 6.04 Å². The highest BCUT2D eigenvalue weighted by atomic mass is 19.4. The van der Waals surface area contributed by atoms with E-state index in [0.29, 0.717) is 12.2 Å². The van der Waals surface area contributed by atoms with Crippen LogP contribution in [0.3, 0.4) is 0 Å². The Morgan fingerprint density at radius 2 is 2.06 bits per heavy atom. The number of rotatable bonds is 4. The molecule has 0 saturated carbocycles. The average molecular weight is 261 g/mol. The van der Waals surface area contributed by atoms with E-state index < -0.39 is 12.7 Å². The van der Waals surface area contributed by atoms with Crippen molar-refractivity contribution < 1.29 is 13.2 Å². The summed E-state index contributed by atoms with van der Waals surface area (Å²) in [5.41, 5.74) is 7.33. The molecule has 3 nitrogen and oxygen atoms in total. The summed E-state index contributed by atoms with van der Waals surface area (Å²) in [6.07, 6.45) is -1.98. The van der Waals surface area contributed by atoms with Gasteiger partial charge in [0, 0.05) is 19.3 Å². The van der Waals surface area contributed by atoms with Crippen molar-refractivity contribution in [1.82, 2.24) is 4.98 Å². The molecule has 6 heteroatoms. The summed E-state index contributed by atoms with van der Waals surface area (Å²) in [4.78, 5) is 5.19. The molecule has 0 saturated heterocycles. The Labute approximate surface area is 105 Å². The molecule has 0 fully saturated rings. The summed E-state index contributed by atoms with van der Waals surface area (Å²) < 4.78 is 36.9. The van der Waals surface area contributed by atoms with Crippen LogP contribution < -0.4 is 10.6 Å². The fourth-order valence-electron chi connectivity index (χ4n) is 1.85. The third-order valence-corrected chi connectivity index (χ3v) is 2.44. The summed E-state index contributed by atoms with van der Waals surface area (Å²) in [6, 6.07) is 1.84. The van der Waals surface area contributed by atoms with Gasteiger partial charge in [-0.05, 0) is 31.4 Å². The van der Waals surface area contributed by atoms with Gasteiger partial charge in [-0.1, -0.05) is 6.07 Å². The van der Waals surface area contributed by atoms with Gasteiger partial charge in [-0.15, -0.1) is 0 Å². The second-order valence-corrected chi connectivity index (χ2v) is 4.64. The van der Waals surface area contributed by atoms with Crippen LogP contribution in [0.15, 0.2) is 12.3 Å². The lowest BCUT2D eigenvalue weighted by molar-refractivity contribution is -0.119. The number of alkyl halides is 3. The van der Waals surface area contributed by atoms with Crippen molar-refractivity contribution in [2.24, 2.45) is 5.73 Å². The van der Waals surface area contributed by atoms with Gasteiger partial charge in [0.1, 0.15) is 12.4 Å². The van der Waals surface area contributed by atoms with Gasteiger partial charge in [-0.2, -0.15) is 13.2 Å². The van der Waals surface area contributed by atoms with Crippen molar-refractivity contribution in [2.45, 2.75) is 32.5 Å². The number of hydrogen-bond acceptors (Lipinski definition) is 3. The zero-order valence-electron chi connectivity index (χ0n) is 10.8. The number of aryl methyl sites for hydroxylation is 1. The number of nitrogens with two attached hydrogens (primary N) is 1. The number of nitrogens with zero attached hydrogens (tertiary/aromatic N) is 2. The molecule has 0 amide bonds. The van der Waals surface area contributed by atoms with Crippen LogP contribution in [0.1, 0.15) is 18.1 Å². The Kier molecular flexibility index (Phi) is 4.56. The minimum Gasteiger partial charge on any atom is -0.350 e. The van der Waals surface area contributed by atoms with Gasteiger partial charge >= 0.3 is 6.18 Å². The molecule has 0 aromatic carbocycles. The molecule has 18 heavy (non-hydrogen) atoms. The smallest absolute Gasteiger partial charge is 0.350 e. The number of halogens is 3. The van der Waals surface area contributed by atoms with Gasteiger partial charge in [0.05, 0.1) is 0 Å². The van der Waals surface area contributed by atoms with Crippen molar-refractivity contribution in [3.8, 4) is 0 Å². The third-order valence-electron chi connectivity index (χ3n) is 2.44. The van der Waals surface area contributed by atoms with E-state index in [9.17, 15) is 13.2 Å². The monoisotopic (exact) mass is 261 g/mol. The quantitative estimate of drug-likeness (QED) is 0.904. The molecular formula is C12H18F3N3. The second-order valence-electron chi connectivity index (χ2n) is 4.64. The molecular weight excluding hydrogens is 243 g/mol. The van der Waals surface area contributed by atoms with Gasteiger partial charge < -0.3 is 10.6 Å². The number of anilines is 1. The van der Waals surface area contributed by atoms with Gasteiger partial charge in [-0.3, -0.25) is 0 Å². The topological polar surface area (TPSA) is 42.1 Å². The van der Waals surface area contributed by atoms with E-state index in [1.807, 2.05) is 13.0 Å². The van der Waals surface area contributed by atoms with Crippen LogP contribution in [0.5, 0.6) is 0 Å². The van der Waals surface area contributed by atoms with Crippen molar-refractivity contribution in [1.29, 1.82) is 0 Å². The number of pyridine rings is 1. The molecule has 0 aliphatic carbocycles. The fourth-order valence-corrected chi connectivity index (χ4v) is 1.85. The maximum atomic E-state index is 12.3. The van der Waals surface area contributed by atoms with Gasteiger partial charge in [0.2, 0.25) is 0 Å². The molecule has 102 valence electrons. The van der Waals surface area contributed by atoms with Crippen molar-refractivity contribution in [3.05, 3.63) is 23.4 Å². The van der Waals surface area contributed by atoms with E-state index in [0.717, 1.165) is 16.0 Å². The lowest BCUT2D eigenvalue weighted by atomic mass is 10.1. The zero-order valence-corrected chi connectivity index (χ0v) is 10.8. The van der Waals surface area contributed by atoms with Gasteiger partial charge in [0.15, 0.2) is 0 Å². The zero-order chi connectivity index (χ0) is 13.9. The lowest BCUT2D eigenvalue weighted by Gasteiger charge is -2.22. The Morgan fingerprint density at radius 1 is 1.44 bits per heavy atom. The molecule has 1 aromatic heterocycles. The molecule has 0 spiro atoms. The van der Waals surface area contributed by atoms with Gasteiger partial charge in [-0.25, -0.2) is 4.98 Å². The maximum absolute atomic E-state index is 12.3. The Hall–Kier alpha value is -1.30. The molecule has 0 aliphatic heterocycles. The van der Waals surface area contributed by atoms with E-state index in [2.05, 4.69) is 4.98 Å². The highest BCUT2D eigenvalue weighted by Crippen LogP contribution is 2.22. The summed E-state index contributed by atoms with van der Waals surface area (Å²) >= 11 is 0. The van der Waals surface area contributed by atoms with E-state index in [1.165, 1.54) is 7.05 Å². The normalized spacial score (nSPS) is 13.5.